The van der Waals surface area contributed by atoms with Gasteiger partial charge in [-0.3, -0.25) is 14.6 Å². The summed E-state index contributed by atoms with van der Waals surface area (Å²) in [6, 6.07) is 10.5. The summed E-state index contributed by atoms with van der Waals surface area (Å²) in [5.41, 5.74) is 0.825. The van der Waals surface area contributed by atoms with Crippen molar-refractivity contribution in [1.82, 2.24) is 14.5 Å². The van der Waals surface area contributed by atoms with Crippen molar-refractivity contribution >= 4 is 16.8 Å². The molecular weight excluding hydrogens is 346 g/mol. The average molecular weight is 367 g/mol. The van der Waals surface area contributed by atoms with Crippen molar-refractivity contribution in [3.05, 3.63) is 58.5 Å². The number of hydrogen-bond acceptors (Lipinski definition) is 4. The van der Waals surface area contributed by atoms with Crippen LogP contribution in [0.5, 0.6) is 11.6 Å². The van der Waals surface area contributed by atoms with Crippen LogP contribution >= 0.6 is 0 Å². The van der Waals surface area contributed by atoms with Crippen molar-refractivity contribution < 1.29 is 14.6 Å². The van der Waals surface area contributed by atoms with Gasteiger partial charge >= 0.3 is 0 Å². The number of aromatic hydroxyl groups is 1. The molecular formula is C20H21N3O4. The van der Waals surface area contributed by atoms with Crippen LogP contribution in [0.15, 0.2) is 47.4 Å². The number of nitrogens with one attached hydrogen (secondary N) is 1. The lowest BCUT2D eigenvalue weighted by atomic mass is 10.1. The lowest BCUT2D eigenvalue weighted by Gasteiger charge is -2.32. The van der Waals surface area contributed by atoms with E-state index in [1.54, 1.807) is 4.90 Å². The van der Waals surface area contributed by atoms with Gasteiger partial charge in [-0.05, 0) is 18.2 Å². The SMILES string of the molecule is Cn1ccc2c(OC3CCN(C(=O)c4cc(O)[nH]c(=O)c4)CC3)cccc21. The van der Waals surface area contributed by atoms with Crippen LogP contribution in [-0.4, -0.2) is 44.7 Å². The number of nitrogens with zero attached hydrogens (tertiary/aromatic N) is 2. The Hall–Kier alpha value is -3.22. The van der Waals surface area contributed by atoms with Crippen LogP contribution in [0.4, 0.5) is 0 Å². The van der Waals surface area contributed by atoms with E-state index in [0.29, 0.717) is 25.9 Å². The van der Waals surface area contributed by atoms with Gasteiger partial charge in [0, 0.05) is 56.7 Å². The summed E-state index contributed by atoms with van der Waals surface area (Å²) in [6.07, 6.45) is 3.47. The summed E-state index contributed by atoms with van der Waals surface area (Å²) in [5, 5.41) is 10.6. The zero-order valence-corrected chi connectivity index (χ0v) is 15.0. The number of amides is 1. The molecule has 1 aliphatic rings. The van der Waals surface area contributed by atoms with Crippen LogP contribution in [-0.2, 0) is 7.05 Å². The molecule has 2 N–H and O–H groups in total. The topological polar surface area (TPSA) is 87.6 Å². The van der Waals surface area contributed by atoms with E-state index in [2.05, 4.69) is 15.6 Å². The van der Waals surface area contributed by atoms with Crippen LogP contribution < -0.4 is 10.3 Å². The lowest BCUT2D eigenvalue weighted by molar-refractivity contribution is 0.0597. The van der Waals surface area contributed by atoms with E-state index in [0.717, 1.165) is 16.7 Å². The van der Waals surface area contributed by atoms with Crippen molar-refractivity contribution in [2.75, 3.05) is 13.1 Å². The second-order valence-electron chi connectivity index (χ2n) is 6.84. The van der Waals surface area contributed by atoms with Crippen LogP contribution in [0.3, 0.4) is 0 Å². The van der Waals surface area contributed by atoms with Gasteiger partial charge in [-0.2, -0.15) is 0 Å². The fourth-order valence-corrected chi connectivity index (χ4v) is 3.57. The Kier molecular flexibility index (Phi) is 4.35. The summed E-state index contributed by atoms with van der Waals surface area (Å²) in [7, 11) is 2.00. The number of likely N-dealkylation sites (tertiary alicyclic amines) is 1. The maximum absolute atomic E-state index is 12.6. The van der Waals surface area contributed by atoms with Crippen molar-refractivity contribution in [3.8, 4) is 11.6 Å². The summed E-state index contributed by atoms with van der Waals surface area (Å²) < 4.78 is 8.26. The third-order valence-electron chi connectivity index (χ3n) is 4.99. The molecule has 0 spiro atoms. The number of carbonyl (C=O) groups excluding carboxylic acids is 1. The Morgan fingerprint density at radius 3 is 2.74 bits per heavy atom. The van der Waals surface area contributed by atoms with Crippen molar-refractivity contribution in [2.24, 2.45) is 7.05 Å². The third-order valence-corrected chi connectivity index (χ3v) is 4.99. The van der Waals surface area contributed by atoms with Crippen LogP contribution in [0.1, 0.15) is 23.2 Å². The highest BCUT2D eigenvalue weighted by atomic mass is 16.5. The molecule has 7 nitrogen and oxygen atoms in total. The second-order valence-corrected chi connectivity index (χ2v) is 6.84. The predicted molar refractivity (Wildman–Crippen MR) is 101 cm³/mol. The number of fused-ring (bicyclic) bond motifs is 1. The Balaban J connectivity index is 1.43. The number of H-pyrrole nitrogens is 1. The predicted octanol–water partition coefficient (Wildman–Crippen LogP) is 2.26. The highest BCUT2D eigenvalue weighted by Gasteiger charge is 2.25. The molecule has 1 fully saturated rings. The molecule has 0 bridgehead atoms. The van der Waals surface area contributed by atoms with Gasteiger partial charge in [-0.25, -0.2) is 0 Å². The quantitative estimate of drug-likeness (QED) is 0.743. The number of aromatic amines is 1. The normalized spacial score (nSPS) is 15.2. The molecule has 3 aromatic rings. The number of ether oxygens (including phenoxy) is 1. The van der Waals surface area contributed by atoms with E-state index in [9.17, 15) is 14.7 Å². The summed E-state index contributed by atoms with van der Waals surface area (Å²) in [6.45, 7) is 1.09. The van der Waals surface area contributed by atoms with Crippen molar-refractivity contribution in [1.29, 1.82) is 0 Å². The molecule has 2 aromatic heterocycles. The second kappa shape index (κ2) is 6.83. The van der Waals surface area contributed by atoms with E-state index >= 15 is 0 Å². The smallest absolute Gasteiger partial charge is 0.254 e. The summed E-state index contributed by atoms with van der Waals surface area (Å²) in [5.74, 6) is 0.303. The molecule has 0 aliphatic carbocycles. The molecule has 0 unspecified atom stereocenters. The average Bonchev–Trinajstić information content (AvgIpc) is 3.03. The summed E-state index contributed by atoms with van der Waals surface area (Å²) >= 11 is 0. The van der Waals surface area contributed by atoms with E-state index in [1.807, 2.05) is 31.4 Å². The minimum absolute atomic E-state index is 0.0347. The largest absolute Gasteiger partial charge is 0.494 e. The van der Waals surface area contributed by atoms with E-state index in [4.69, 9.17) is 4.74 Å². The molecule has 140 valence electrons. The Morgan fingerprint density at radius 2 is 2.00 bits per heavy atom. The number of piperidine rings is 1. The minimum atomic E-state index is -0.493. The molecule has 3 heterocycles. The first-order valence-corrected chi connectivity index (χ1v) is 8.94. The number of hydrogen-bond donors (Lipinski definition) is 2. The Bertz CT molecular complexity index is 1040. The lowest BCUT2D eigenvalue weighted by Crippen LogP contribution is -2.42. The maximum atomic E-state index is 12.6. The van der Waals surface area contributed by atoms with Gasteiger partial charge in [0.15, 0.2) is 5.88 Å². The molecule has 0 saturated carbocycles. The van der Waals surface area contributed by atoms with Crippen molar-refractivity contribution in [2.45, 2.75) is 18.9 Å². The molecule has 7 heteroatoms. The molecule has 27 heavy (non-hydrogen) atoms. The molecule has 1 saturated heterocycles. The Morgan fingerprint density at radius 1 is 1.22 bits per heavy atom. The first-order chi connectivity index (χ1) is 13.0. The van der Waals surface area contributed by atoms with E-state index in [1.165, 1.54) is 12.1 Å². The van der Waals surface area contributed by atoms with Gasteiger partial charge in [-0.15, -0.1) is 0 Å². The van der Waals surface area contributed by atoms with Gasteiger partial charge in [-0.1, -0.05) is 6.07 Å². The fourth-order valence-electron chi connectivity index (χ4n) is 3.57. The number of aryl methyl sites for hydroxylation is 1. The molecule has 0 radical (unpaired) electrons. The molecule has 4 rings (SSSR count). The monoisotopic (exact) mass is 367 g/mol. The molecule has 1 amide bonds. The number of carbonyl (C=O) groups is 1. The van der Waals surface area contributed by atoms with Gasteiger partial charge in [0.05, 0.1) is 11.1 Å². The fraction of sp³-hybridized carbons (Fsp3) is 0.300. The summed E-state index contributed by atoms with van der Waals surface area (Å²) in [4.78, 5) is 27.9. The standard InChI is InChI=1S/C20H21N3O4/c1-22-8-7-15-16(22)3-2-4-17(15)27-14-5-9-23(10-6-14)20(26)13-11-18(24)21-19(25)12-13/h2-4,7-8,11-12,14H,5-6,9-10H2,1H3,(H2,21,24,25). The highest BCUT2D eigenvalue weighted by molar-refractivity contribution is 5.94. The van der Waals surface area contributed by atoms with Crippen LogP contribution in [0.2, 0.25) is 0 Å². The zero-order valence-electron chi connectivity index (χ0n) is 15.0. The highest BCUT2D eigenvalue weighted by Crippen LogP contribution is 2.29. The number of pyridine rings is 1. The molecule has 1 aromatic carbocycles. The minimum Gasteiger partial charge on any atom is -0.494 e. The van der Waals surface area contributed by atoms with Crippen LogP contribution in [0.25, 0.3) is 10.9 Å². The number of rotatable bonds is 3. The zero-order chi connectivity index (χ0) is 19.0. The number of benzene rings is 1. The van der Waals surface area contributed by atoms with Crippen molar-refractivity contribution in [3.63, 3.8) is 0 Å². The van der Waals surface area contributed by atoms with Gasteiger partial charge < -0.3 is 19.3 Å². The number of aromatic nitrogens is 2. The molecule has 0 atom stereocenters. The van der Waals surface area contributed by atoms with Gasteiger partial charge in [0.1, 0.15) is 11.9 Å². The third kappa shape index (κ3) is 3.40. The van der Waals surface area contributed by atoms with Crippen LogP contribution in [0, 0.1) is 0 Å². The Labute approximate surface area is 155 Å². The van der Waals surface area contributed by atoms with E-state index < -0.39 is 5.56 Å². The first-order valence-electron chi connectivity index (χ1n) is 8.94. The molecule has 1 aliphatic heterocycles. The van der Waals surface area contributed by atoms with Gasteiger partial charge in [0.2, 0.25) is 0 Å². The maximum Gasteiger partial charge on any atom is 0.254 e. The van der Waals surface area contributed by atoms with E-state index in [-0.39, 0.29) is 23.5 Å². The van der Waals surface area contributed by atoms with Gasteiger partial charge in [0.25, 0.3) is 11.5 Å². The first kappa shape index (κ1) is 17.2.